The molecular weight excluding hydrogens is 340 g/mol. The van der Waals surface area contributed by atoms with E-state index in [1.54, 1.807) is 12.1 Å². The van der Waals surface area contributed by atoms with Crippen molar-refractivity contribution in [3.8, 4) is 5.75 Å². The lowest BCUT2D eigenvalue weighted by molar-refractivity contribution is 0.171. The summed E-state index contributed by atoms with van der Waals surface area (Å²) in [5, 5.41) is 3.60. The predicted octanol–water partition coefficient (Wildman–Crippen LogP) is 1.48. The number of halogens is 1. The molecule has 0 spiro atoms. The van der Waals surface area contributed by atoms with Gasteiger partial charge in [0, 0.05) is 10.0 Å². The number of nitrogens with zero attached hydrogens (tertiary/aromatic N) is 1. The molecule has 0 bridgehead atoms. The van der Waals surface area contributed by atoms with Crippen LogP contribution in [0.1, 0.15) is 5.56 Å². The highest BCUT2D eigenvalue weighted by atomic mass is 79.9. The maximum Gasteiger partial charge on any atom is 0.427 e. The van der Waals surface area contributed by atoms with E-state index in [9.17, 15) is 13.2 Å². The molecule has 0 atom stereocenters. The van der Waals surface area contributed by atoms with E-state index >= 15 is 0 Å². The van der Waals surface area contributed by atoms with E-state index in [2.05, 4.69) is 31.2 Å². The summed E-state index contributed by atoms with van der Waals surface area (Å²) in [5.74, 6) is 0.0983. The van der Waals surface area contributed by atoms with Gasteiger partial charge in [-0.1, -0.05) is 15.9 Å². The maximum absolute atomic E-state index is 11.1. The fourth-order valence-electron chi connectivity index (χ4n) is 1.06. The summed E-state index contributed by atoms with van der Waals surface area (Å²) in [6.45, 7) is 0. The molecule has 0 saturated carbocycles. The Balaban J connectivity index is 2.97. The average molecular weight is 351 g/mol. The Kier molecular flexibility index (Phi) is 5.31. The maximum atomic E-state index is 11.1. The smallest absolute Gasteiger partial charge is 0.427 e. The topological polar surface area (TPSA) is 94.1 Å². The molecule has 1 rings (SSSR count). The van der Waals surface area contributed by atoms with Crippen molar-refractivity contribution in [2.75, 3.05) is 13.4 Å². The Hall–Kier alpha value is -1.61. The molecule has 19 heavy (non-hydrogen) atoms. The minimum absolute atomic E-state index is 0.0983. The van der Waals surface area contributed by atoms with Crippen LogP contribution < -0.4 is 9.61 Å². The van der Waals surface area contributed by atoms with E-state index in [-0.39, 0.29) is 5.75 Å². The van der Waals surface area contributed by atoms with Crippen molar-refractivity contribution in [3.63, 3.8) is 0 Å². The van der Waals surface area contributed by atoms with Crippen LogP contribution in [0.5, 0.6) is 5.75 Å². The Bertz CT molecular complexity index is 600. The number of amides is 1. The highest BCUT2D eigenvalue weighted by Gasteiger charge is 2.09. The van der Waals surface area contributed by atoms with Crippen molar-refractivity contribution < 1.29 is 22.1 Å². The van der Waals surface area contributed by atoms with E-state index in [1.807, 2.05) is 0 Å². The first-order valence-corrected chi connectivity index (χ1v) is 7.49. The SMILES string of the molecule is COC(=O)NN=Cc1cc(Br)ccc1OS(C)(=O)=O. The second-order valence-corrected chi connectivity index (χ2v) is 5.82. The van der Waals surface area contributed by atoms with Crippen LogP contribution in [0.2, 0.25) is 0 Å². The van der Waals surface area contributed by atoms with Gasteiger partial charge in [0.2, 0.25) is 0 Å². The van der Waals surface area contributed by atoms with Gasteiger partial charge in [-0.3, -0.25) is 0 Å². The number of carbonyl (C=O) groups is 1. The zero-order chi connectivity index (χ0) is 14.5. The van der Waals surface area contributed by atoms with Crippen LogP contribution in [0.25, 0.3) is 0 Å². The number of carbonyl (C=O) groups excluding carboxylic acids is 1. The van der Waals surface area contributed by atoms with Crippen molar-refractivity contribution in [3.05, 3.63) is 28.2 Å². The number of hydrogen-bond acceptors (Lipinski definition) is 6. The van der Waals surface area contributed by atoms with Gasteiger partial charge in [0.1, 0.15) is 0 Å². The zero-order valence-electron chi connectivity index (χ0n) is 10.1. The van der Waals surface area contributed by atoms with Gasteiger partial charge in [-0.2, -0.15) is 13.5 Å². The third kappa shape index (κ3) is 5.71. The molecule has 7 nitrogen and oxygen atoms in total. The standard InChI is InChI=1S/C10H11BrN2O5S/c1-17-10(14)13-12-6-7-5-8(11)3-4-9(7)18-19(2,15)16/h3-6H,1-2H3,(H,13,14). The normalized spacial score (nSPS) is 11.3. The number of rotatable bonds is 4. The Morgan fingerprint density at radius 2 is 2.16 bits per heavy atom. The molecule has 1 N–H and O–H groups in total. The molecule has 0 aliphatic heterocycles. The van der Waals surface area contributed by atoms with Crippen molar-refractivity contribution in [2.45, 2.75) is 0 Å². The third-order valence-corrected chi connectivity index (χ3v) is 2.73. The van der Waals surface area contributed by atoms with Gasteiger partial charge >= 0.3 is 16.2 Å². The number of methoxy groups -OCH3 is 1. The lowest BCUT2D eigenvalue weighted by Gasteiger charge is -2.06. The molecular formula is C10H11BrN2O5S. The number of nitrogens with one attached hydrogen (secondary N) is 1. The monoisotopic (exact) mass is 350 g/mol. The molecule has 104 valence electrons. The first kappa shape index (κ1) is 15.4. The van der Waals surface area contributed by atoms with Gasteiger partial charge in [0.25, 0.3) is 0 Å². The average Bonchev–Trinajstić information content (AvgIpc) is 2.30. The van der Waals surface area contributed by atoms with Gasteiger partial charge in [-0.25, -0.2) is 10.2 Å². The highest BCUT2D eigenvalue weighted by molar-refractivity contribution is 9.10. The lowest BCUT2D eigenvalue weighted by Crippen LogP contribution is -2.17. The highest BCUT2D eigenvalue weighted by Crippen LogP contribution is 2.22. The van der Waals surface area contributed by atoms with Crippen LogP contribution in [0.3, 0.4) is 0 Å². The fourth-order valence-corrected chi connectivity index (χ4v) is 1.92. The molecule has 0 radical (unpaired) electrons. The Labute approximate surface area is 118 Å². The van der Waals surface area contributed by atoms with Crippen molar-refractivity contribution in [1.82, 2.24) is 5.43 Å². The number of ether oxygens (including phenoxy) is 1. The summed E-state index contributed by atoms with van der Waals surface area (Å²) in [7, 11) is -2.45. The second kappa shape index (κ2) is 6.53. The summed E-state index contributed by atoms with van der Waals surface area (Å²) < 4.78 is 32.0. The summed E-state index contributed by atoms with van der Waals surface area (Å²) in [6, 6.07) is 4.67. The van der Waals surface area contributed by atoms with Crippen LogP contribution in [-0.4, -0.2) is 34.1 Å². The second-order valence-electron chi connectivity index (χ2n) is 3.33. The van der Waals surface area contributed by atoms with Crippen molar-refractivity contribution >= 4 is 38.4 Å². The van der Waals surface area contributed by atoms with E-state index in [0.29, 0.717) is 10.0 Å². The van der Waals surface area contributed by atoms with Crippen LogP contribution in [0.4, 0.5) is 4.79 Å². The van der Waals surface area contributed by atoms with Crippen LogP contribution >= 0.6 is 15.9 Å². The first-order valence-electron chi connectivity index (χ1n) is 4.88. The lowest BCUT2D eigenvalue weighted by atomic mass is 10.2. The molecule has 0 unspecified atom stereocenters. The predicted molar refractivity (Wildman–Crippen MR) is 72.7 cm³/mol. The largest absolute Gasteiger partial charge is 0.452 e. The number of benzene rings is 1. The summed E-state index contributed by atoms with van der Waals surface area (Å²) >= 11 is 3.23. The quantitative estimate of drug-likeness (QED) is 0.504. The summed E-state index contributed by atoms with van der Waals surface area (Å²) in [5.41, 5.74) is 2.45. The van der Waals surface area contributed by atoms with Gasteiger partial charge in [0.15, 0.2) is 5.75 Å². The molecule has 1 amide bonds. The van der Waals surface area contributed by atoms with E-state index in [4.69, 9.17) is 4.18 Å². The molecule has 1 aromatic rings. The molecule has 0 heterocycles. The van der Waals surface area contributed by atoms with E-state index < -0.39 is 16.2 Å². The molecule has 9 heteroatoms. The van der Waals surface area contributed by atoms with E-state index in [1.165, 1.54) is 19.4 Å². The minimum atomic E-state index is -3.65. The number of hydrazone groups is 1. The van der Waals surface area contributed by atoms with Crippen LogP contribution in [0.15, 0.2) is 27.8 Å². The van der Waals surface area contributed by atoms with Gasteiger partial charge in [-0.05, 0) is 18.2 Å². The first-order chi connectivity index (χ1) is 8.81. The molecule has 0 aliphatic rings. The van der Waals surface area contributed by atoms with Gasteiger partial charge < -0.3 is 8.92 Å². The summed E-state index contributed by atoms with van der Waals surface area (Å²) in [6.07, 6.45) is 1.43. The third-order valence-electron chi connectivity index (χ3n) is 1.76. The molecule has 1 aromatic carbocycles. The Morgan fingerprint density at radius 3 is 2.74 bits per heavy atom. The van der Waals surface area contributed by atoms with Crippen LogP contribution in [0, 0.1) is 0 Å². The zero-order valence-corrected chi connectivity index (χ0v) is 12.5. The molecule has 0 fully saturated rings. The van der Waals surface area contributed by atoms with E-state index in [0.717, 1.165) is 6.26 Å². The fraction of sp³-hybridized carbons (Fsp3) is 0.200. The molecule has 0 aliphatic carbocycles. The Morgan fingerprint density at radius 1 is 1.47 bits per heavy atom. The number of hydrogen-bond donors (Lipinski definition) is 1. The minimum Gasteiger partial charge on any atom is -0.452 e. The van der Waals surface area contributed by atoms with Crippen LogP contribution in [-0.2, 0) is 14.9 Å². The molecule has 0 saturated heterocycles. The van der Waals surface area contributed by atoms with Gasteiger partial charge in [0.05, 0.1) is 19.6 Å². The van der Waals surface area contributed by atoms with Crippen molar-refractivity contribution in [1.29, 1.82) is 0 Å². The van der Waals surface area contributed by atoms with Crippen molar-refractivity contribution in [2.24, 2.45) is 5.10 Å². The van der Waals surface area contributed by atoms with Gasteiger partial charge in [-0.15, -0.1) is 0 Å². The molecule has 0 aromatic heterocycles. The summed E-state index contributed by atoms with van der Waals surface area (Å²) in [4.78, 5) is 10.8.